The van der Waals surface area contributed by atoms with Crippen molar-refractivity contribution in [3.63, 3.8) is 0 Å². The number of hydrogen-bond acceptors (Lipinski definition) is 5. The molecule has 0 unspecified atom stereocenters. The third-order valence-corrected chi connectivity index (χ3v) is 4.12. The number of anilines is 2. The molecule has 1 heterocycles. The van der Waals surface area contributed by atoms with Crippen LogP contribution in [-0.4, -0.2) is 35.1 Å². The third kappa shape index (κ3) is 6.55. The summed E-state index contributed by atoms with van der Waals surface area (Å²) in [5.74, 6) is 4.14. The Morgan fingerprint density at radius 3 is 2.24 bits per heavy atom. The van der Waals surface area contributed by atoms with E-state index in [0.717, 1.165) is 42.5 Å². The lowest BCUT2D eigenvalue weighted by Gasteiger charge is -2.14. The van der Waals surface area contributed by atoms with Gasteiger partial charge in [0.1, 0.15) is 17.5 Å². The van der Waals surface area contributed by atoms with Crippen molar-refractivity contribution < 1.29 is 0 Å². The average Bonchev–Trinajstić information content (AvgIpc) is 2.49. The van der Waals surface area contributed by atoms with Crippen molar-refractivity contribution >= 4 is 23.4 Å². The summed E-state index contributed by atoms with van der Waals surface area (Å²) in [6.07, 6.45) is 8.19. The molecule has 4 nitrogen and oxygen atoms in total. The van der Waals surface area contributed by atoms with Crippen LogP contribution in [0.3, 0.4) is 0 Å². The molecule has 5 heteroatoms. The molecule has 1 rings (SSSR count). The van der Waals surface area contributed by atoms with Crippen molar-refractivity contribution in [2.24, 2.45) is 0 Å². The Morgan fingerprint density at radius 2 is 1.62 bits per heavy atom. The number of hydrogen-bond donors (Lipinski definition) is 2. The Morgan fingerprint density at radius 1 is 0.952 bits per heavy atom. The summed E-state index contributed by atoms with van der Waals surface area (Å²) in [6, 6.07) is 0. The van der Waals surface area contributed by atoms with Gasteiger partial charge < -0.3 is 10.6 Å². The average molecular weight is 311 g/mol. The normalized spacial score (nSPS) is 10.7. The first-order valence-electron chi connectivity index (χ1n) is 8.07. The van der Waals surface area contributed by atoms with E-state index in [1.54, 1.807) is 0 Å². The van der Waals surface area contributed by atoms with Crippen LogP contribution in [-0.2, 0) is 6.42 Å². The van der Waals surface area contributed by atoms with Gasteiger partial charge in [0.25, 0.3) is 0 Å². The Bertz CT molecular complexity index is 410. The van der Waals surface area contributed by atoms with E-state index in [2.05, 4.69) is 47.6 Å². The fourth-order valence-electron chi connectivity index (χ4n) is 2.16. The first-order chi connectivity index (χ1) is 10.2. The van der Waals surface area contributed by atoms with E-state index in [1.165, 1.54) is 31.4 Å². The van der Waals surface area contributed by atoms with Gasteiger partial charge in [-0.3, -0.25) is 0 Å². The van der Waals surface area contributed by atoms with E-state index in [1.807, 2.05) is 11.8 Å². The van der Waals surface area contributed by atoms with Crippen molar-refractivity contribution in [1.82, 2.24) is 9.97 Å². The summed E-state index contributed by atoms with van der Waals surface area (Å²) in [7, 11) is 0. The number of aryl methyl sites for hydroxylation is 1. The minimum absolute atomic E-state index is 0.863. The summed E-state index contributed by atoms with van der Waals surface area (Å²) in [4.78, 5) is 9.17. The molecule has 0 aromatic carbocycles. The molecule has 0 bridgehead atoms. The molecular weight excluding hydrogens is 280 g/mol. The Hall–Kier alpha value is -0.970. The van der Waals surface area contributed by atoms with Crippen molar-refractivity contribution in [1.29, 1.82) is 0 Å². The SMILES string of the molecule is CCNc1nc(CC)nc(NCCCCCCSC)c1C. The summed E-state index contributed by atoms with van der Waals surface area (Å²) in [6.45, 7) is 8.14. The van der Waals surface area contributed by atoms with Gasteiger partial charge in [0.2, 0.25) is 0 Å². The quantitative estimate of drug-likeness (QED) is 0.602. The maximum Gasteiger partial charge on any atom is 0.134 e. The first-order valence-corrected chi connectivity index (χ1v) is 9.46. The molecule has 0 aliphatic heterocycles. The Balaban J connectivity index is 2.48. The summed E-state index contributed by atoms with van der Waals surface area (Å²) < 4.78 is 0. The van der Waals surface area contributed by atoms with E-state index in [-0.39, 0.29) is 0 Å². The number of aromatic nitrogens is 2. The van der Waals surface area contributed by atoms with Crippen LogP contribution in [0, 0.1) is 6.92 Å². The second kappa shape index (κ2) is 10.7. The summed E-state index contributed by atoms with van der Waals surface area (Å²) >= 11 is 1.94. The molecule has 0 aliphatic rings. The maximum absolute atomic E-state index is 4.62. The standard InChI is InChI=1S/C16H30N4S/c1-5-14-19-15(17-6-2)13(3)16(20-14)18-11-9-7-8-10-12-21-4/h5-12H2,1-4H3,(H2,17,18,19,20). The monoisotopic (exact) mass is 310 g/mol. The Kier molecular flexibility index (Phi) is 9.22. The molecule has 1 aromatic heterocycles. The minimum atomic E-state index is 0.863. The van der Waals surface area contributed by atoms with E-state index >= 15 is 0 Å². The van der Waals surface area contributed by atoms with Crippen LogP contribution < -0.4 is 10.6 Å². The highest BCUT2D eigenvalue weighted by Crippen LogP contribution is 2.20. The third-order valence-electron chi connectivity index (χ3n) is 3.42. The number of thioether (sulfide) groups is 1. The molecule has 21 heavy (non-hydrogen) atoms. The minimum Gasteiger partial charge on any atom is -0.370 e. The molecule has 0 aliphatic carbocycles. The molecule has 0 saturated carbocycles. The Labute approximate surface area is 133 Å². The van der Waals surface area contributed by atoms with Gasteiger partial charge in [-0.15, -0.1) is 0 Å². The van der Waals surface area contributed by atoms with Gasteiger partial charge in [-0.05, 0) is 38.7 Å². The van der Waals surface area contributed by atoms with Crippen molar-refractivity contribution in [3.05, 3.63) is 11.4 Å². The van der Waals surface area contributed by atoms with Crippen LogP contribution in [0.4, 0.5) is 11.6 Å². The first kappa shape index (κ1) is 18.1. The van der Waals surface area contributed by atoms with Crippen LogP contribution >= 0.6 is 11.8 Å². The van der Waals surface area contributed by atoms with E-state index in [9.17, 15) is 0 Å². The highest BCUT2D eigenvalue weighted by atomic mass is 32.2. The van der Waals surface area contributed by atoms with Gasteiger partial charge in [-0.2, -0.15) is 11.8 Å². The number of nitrogens with one attached hydrogen (secondary N) is 2. The zero-order chi connectivity index (χ0) is 15.5. The highest BCUT2D eigenvalue weighted by molar-refractivity contribution is 7.98. The number of nitrogens with zero attached hydrogens (tertiary/aromatic N) is 2. The summed E-state index contributed by atoms with van der Waals surface area (Å²) in [5, 5.41) is 6.80. The molecule has 0 amide bonds. The van der Waals surface area contributed by atoms with Crippen LogP contribution in [0.25, 0.3) is 0 Å². The largest absolute Gasteiger partial charge is 0.370 e. The topological polar surface area (TPSA) is 49.8 Å². The van der Waals surface area contributed by atoms with Gasteiger partial charge in [-0.1, -0.05) is 19.8 Å². The fourth-order valence-corrected chi connectivity index (χ4v) is 2.66. The van der Waals surface area contributed by atoms with Gasteiger partial charge in [0.05, 0.1) is 0 Å². The molecule has 0 atom stereocenters. The molecular formula is C16H30N4S. The molecule has 120 valence electrons. The van der Waals surface area contributed by atoms with Crippen molar-refractivity contribution in [2.45, 2.75) is 52.9 Å². The lowest BCUT2D eigenvalue weighted by atomic mass is 10.2. The molecule has 0 saturated heterocycles. The van der Waals surface area contributed by atoms with Gasteiger partial charge in [-0.25, -0.2) is 9.97 Å². The van der Waals surface area contributed by atoms with Crippen molar-refractivity contribution in [2.75, 3.05) is 35.7 Å². The second-order valence-corrected chi connectivity index (χ2v) is 6.17. The van der Waals surface area contributed by atoms with E-state index < -0.39 is 0 Å². The lowest BCUT2D eigenvalue weighted by Crippen LogP contribution is -2.11. The van der Waals surface area contributed by atoms with Gasteiger partial charge in [0, 0.05) is 25.1 Å². The highest BCUT2D eigenvalue weighted by Gasteiger charge is 2.09. The van der Waals surface area contributed by atoms with Crippen LogP contribution in [0.15, 0.2) is 0 Å². The summed E-state index contributed by atoms with van der Waals surface area (Å²) in [5.41, 5.74) is 1.12. The van der Waals surface area contributed by atoms with Gasteiger partial charge >= 0.3 is 0 Å². The van der Waals surface area contributed by atoms with Gasteiger partial charge in [0.15, 0.2) is 0 Å². The molecule has 1 aromatic rings. The zero-order valence-corrected chi connectivity index (χ0v) is 14.8. The van der Waals surface area contributed by atoms with Crippen LogP contribution in [0.1, 0.15) is 50.9 Å². The second-order valence-electron chi connectivity index (χ2n) is 5.18. The van der Waals surface area contributed by atoms with E-state index in [0.29, 0.717) is 0 Å². The molecule has 0 fully saturated rings. The molecule has 0 spiro atoms. The lowest BCUT2D eigenvalue weighted by molar-refractivity contribution is 0.687. The van der Waals surface area contributed by atoms with Crippen LogP contribution in [0.5, 0.6) is 0 Å². The van der Waals surface area contributed by atoms with Crippen LogP contribution in [0.2, 0.25) is 0 Å². The maximum atomic E-state index is 4.62. The van der Waals surface area contributed by atoms with E-state index in [4.69, 9.17) is 0 Å². The van der Waals surface area contributed by atoms with Crippen molar-refractivity contribution in [3.8, 4) is 0 Å². The smallest absolute Gasteiger partial charge is 0.134 e. The number of rotatable bonds is 11. The predicted molar refractivity (Wildman–Crippen MR) is 95.7 cm³/mol. The fraction of sp³-hybridized carbons (Fsp3) is 0.750. The number of unbranched alkanes of at least 4 members (excludes halogenated alkanes) is 3. The predicted octanol–water partition coefficient (Wildman–Crippen LogP) is 4.11. The zero-order valence-electron chi connectivity index (χ0n) is 14.0. The molecule has 0 radical (unpaired) electrons. The molecule has 2 N–H and O–H groups in total.